The van der Waals surface area contributed by atoms with E-state index in [2.05, 4.69) is 5.32 Å². The van der Waals surface area contributed by atoms with E-state index in [0.29, 0.717) is 44.4 Å². The van der Waals surface area contributed by atoms with E-state index in [4.69, 9.17) is 14.2 Å². The van der Waals surface area contributed by atoms with Crippen LogP contribution in [0.25, 0.3) is 0 Å². The van der Waals surface area contributed by atoms with Gasteiger partial charge in [0.05, 0.1) is 5.92 Å². The summed E-state index contributed by atoms with van der Waals surface area (Å²) < 4.78 is 16.0. The molecule has 7 nitrogen and oxygen atoms in total. The molecule has 1 saturated heterocycles. The molecule has 2 aliphatic rings. The summed E-state index contributed by atoms with van der Waals surface area (Å²) in [6.45, 7) is 2.57. The van der Waals surface area contributed by atoms with E-state index in [0.717, 1.165) is 12.1 Å². The molecule has 0 unspecified atom stereocenters. The van der Waals surface area contributed by atoms with Crippen molar-refractivity contribution in [1.29, 1.82) is 0 Å². The summed E-state index contributed by atoms with van der Waals surface area (Å²) in [7, 11) is 1.63. The third-order valence-corrected chi connectivity index (χ3v) is 4.16. The van der Waals surface area contributed by atoms with Gasteiger partial charge in [-0.05, 0) is 18.6 Å². The standard InChI is InChI=1S/C17H22N2O5/c1-22-6-2-5-18-17(21)12-9-16(20)19(11-12)13-3-4-14-15(10-13)24-8-7-23-14/h3-4,10,12H,2,5-9,11H2,1H3,(H,18,21)/t12-/m0/s1. The molecule has 1 aromatic rings. The Kier molecular flexibility index (Phi) is 5.20. The Bertz CT molecular complexity index is 619. The van der Waals surface area contributed by atoms with Gasteiger partial charge in [-0.2, -0.15) is 0 Å². The minimum absolute atomic E-state index is 0.0521. The van der Waals surface area contributed by atoms with E-state index < -0.39 is 0 Å². The molecule has 2 aliphatic heterocycles. The van der Waals surface area contributed by atoms with Crippen molar-refractivity contribution in [3.63, 3.8) is 0 Å². The second-order valence-corrected chi connectivity index (χ2v) is 5.87. The van der Waals surface area contributed by atoms with Crippen LogP contribution >= 0.6 is 0 Å². The van der Waals surface area contributed by atoms with Crippen molar-refractivity contribution >= 4 is 17.5 Å². The number of amides is 2. The van der Waals surface area contributed by atoms with E-state index in [1.165, 1.54) is 0 Å². The van der Waals surface area contributed by atoms with E-state index >= 15 is 0 Å². The Hall–Kier alpha value is -2.28. The minimum Gasteiger partial charge on any atom is -0.486 e. The molecular weight excluding hydrogens is 312 g/mol. The summed E-state index contributed by atoms with van der Waals surface area (Å²) in [5.41, 5.74) is 0.735. The number of nitrogens with one attached hydrogen (secondary N) is 1. The molecule has 1 atom stereocenters. The van der Waals surface area contributed by atoms with E-state index in [-0.39, 0.29) is 24.2 Å². The van der Waals surface area contributed by atoms with Crippen molar-refractivity contribution in [2.75, 3.05) is 44.9 Å². The number of anilines is 1. The molecule has 0 saturated carbocycles. The van der Waals surface area contributed by atoms with Gasteiger partial charge in [-0.25, -0.2) is 0 Å². The van der Waals surface area contributed by atoms with Gasteiger partial charge < -0.3 is 24.4 Å². The third kappa shape index (κ3) is 3.62. The van der Waals surface area contributed by atoms with Crippen LogP contribution in [0.2, 0.25) is 0 Å². The minimum atomic E-state index is -0.326. The summed E-state index contributed by atoms with van der Waals surface area (Å²) in [5.74, 6) is 0.861. The lowest BCUT2D eigenvalue weighted by Gasteiger charge is -2.22. The van der Waals surface area contributed by atoms with Crippen LogP contribution in [0, 0.1) is 5.92 Å². The fourth-order valence-electron chi connectivity index (χ4n) is 2.91. The monoisotopic (exact) mass is 334 g/mol. The van der Waals surface area contributed by atoms with Gasteiger partial charge >= 0.3 is 0 Å². The number of benzene rings is 1. The Morgan fingerprint density at radius 3 is 2.92 bits per heavy atom. The Morgan fingerprint density at radius 1 is 1.33 bits per heavy atom. The van der Waals surface area contributed by atoms with Gasteiger partial charge in [0.25, 0.3) is 0 Å². The molecule has 0 bridgehead atoms. The maximum Gasteiger partial charge on any atom is 0.227 e. The van der Waals surface area contributed by atoms with Gasteiger partial charge in [0.1, 0.15) is 13.2 Å². The number of ether oxygens (including phenoxy) is 3. The van der Waals surface area contributed by atoms with Crippen molar-refractivity contribution in [3.05, 3.63) is 18.2 Å². The van der Waals surface area contributed by atoms with E-state index in [9.17, 15) is 9.59 Å². The highest BCUT2D eigenvalue weighted by Crippen LogP contribution is 2.35. The molecule has 130 valence electrons. The second kappa shape index (κ2) is 7.53. The summed E-state index contributed by atoms with van der Waals surface area (Å²) in [6.07, 6.45) is 0.985. The summed E-state index contributed by atoms with van der Waals surface area (Å²) >= 11 is 0. The molecule has 3 rings (SSSR count). The van der Waals surface area contributed by atoms with Crippen LogP contribution in [-0.2, 0) is 14.3 Å². The topological polar surface area (TPSA) is 77.1 Å². The number of nitrogens with zero attached hydrogens (tertiary/aromatic N) is 1. The smallest absolute Gasteiger partial charge is 0.227 e. The molecule has 0 aliphatic carbocycles. The number of carbonyl (C=O) groups excluding carboxylic acids is 2. The molecule has 0 aromatic heterocycles. The number of carbonyl (C=O) groups is 2. The first-order chi connectivity index (χ1) is 11.7. The average molecular weight is 334 g/mol. The summed E-state index contributed by atoms with van der Waals surface area (Å²) in [4.78, 5) is 26.1. The molecule has 1 fully saturated rings. The number of fused-ring (bicyclic) bond motifs is 1. The predicted octanol–water partition coefficient (Wildman–Crippen LogP) is 0.963. The van der Waals surface area contributed by atoms with Crippen LogP contribution < -0.4 is 19.7 Å². The van der Waals surface area contributed by atoms with Crippen LogP contribution in [-0.4, -0.2) is 51.8 Å². The highest BCUT2D eigenvalue weighted by atomic mass is 16.6. The largest absolute Gasteiger partial charge is 0.486 e. The Morgan fingerprint density at radius 2 is 2.12 bits per heavy atom. The molecule has 24 heavy (non-hydrogen) atoms. The number of hydrogen-bond donors (Lipinski definition) is 1. The lowest BCUT2D eigenvalue weighted by atomic mass is 10.1. The zero-order chi connectivity index (χ0) is 16.9. The van der Waals surface area contributed by atoms with Gasteiger partial charge in [0.15, 0.2) is 11.5 Å². The van der Waals surface area contributed by atoms with Crippen LogP contribution in [0.4, 0.5) is 5.69 Å². The Balaban J connectivity index is 1.61. The molecule has 1 N–H and O–H groups in total. The quantitative estimate of drug-likeness (QED) is 0.784. The van der Waals surface area contributed by atoms with Crippen molar-refractivity contribution in [2.24, 2.45) is 5.92 Å². The molecule has 2 heterocycles. The third-order valence-electron chi connectivity index (χ3n) is 4.16. The van der Waals surface area contributed by atoms with Crippen LogP contribution in [0.5, 0.6) is 11.5 Å². The predicted molar refractivity (Wildman–Crippen MR) is 87.4 cm³/mol. The fraction of sp³-hybridized carbons (Fsp3) is 0.529. The van der Waals surface area contributed by atoms with Crippen molar-refractivity contribution in [2.45, 2.75) is 12.8 Å². The fourth-order valence-corrected chi connectivity index (χ4v) is 2.91. The van der Waals surface area contributed by atoms with Crippen LogP contribution in [0.1, 0.15) is 12.8 Å². The van der Waals surface area contributed by atoms with Gasteiger partial charge in [-0.3, -0.25) is 9.59 Å². The normalized spacial score (nSPS) is 19.5. The maximum atomic E-state index is 12.3. The molecular formula is C17H22N2O5. The summed E-state index contributed by atoms with van der Waals surface area (Å²) in [5, 5.41) is 2.86. The number of rotatable bonds is 6. The summed E-state index contributed by atoms with van der Waals surface area (Å²) in [6, 6.07) is 5.42. The first-order valence-electron chi connectivity index (χ1n) is 8.15. The molecule has 0 spiro atoms. The van der Waals surface area contributed by atoms with Gasteiger partial charge in [0.2, 0.25) is 11.8 Å². The zero-order valence-electron chi connectivity index (χ0n) is 13.7. The maximum absolute atomic E-state index is 12.3. The van der Waals surface area contributed by atoms with Gasteiger partial charge in [-0.1, -0.05) is 0 Å². The van der Waals surface area contributed by atoms with Crippen molar-refractivity contribution in [1.82, 2.24) is 5.32 Å². The van der Waals surface area contributed by atoms with Gasteiger partial charge in [-0.15, -0.1) is 0 Å². The molecule has 2 amide bonds. The SMILES string of the molecule is COCCCNC(=O)[C@H]1CC(=O)N(c2ccc3c(c2)OCCO3)C1. The Labute approximate surface area is 140 Å². The first kappa shape index (κ1) is 16.6. The average Bonchev–Trinajstić information content (AvgIpc) is 3.00. The lowest BCUT2D eigenvalue weighted by molar-refractivity contribution is -0.126. The second-order valence-electron chi connectivity index (χ2n) is 5.87. The first-order valence-corrected chi connectivity index (χ1v) is 8.15. The van der Waals surface area contributed by atoms with Crippen molar-refractivity contribution < 1.29 is 23.8 Å². The molecule has 7 heteroatoms. The van der Waals surface area contributed by atoms with Crippen LogP contribution in [0.15, 0.2) is 18.2 Å². The highest BCUT2D eigenvalue weighted by Gasteiger charge is 2.35. The number of methoxy groups -OCH3 is 1. The van der Waals surface area contributed by atoms with Gasteiger partial charge in [0, 0.05) is 45.0 Å². The van der Waals surface area contributed by atoms with Crippen molar-refractivity contribution in [3.8, 4) is 11.5 Å². The van der Waals surface area contributed by atoms with Crippen LogP contribution in [0.3, 0.4) is 0 Å². The molecule has 1 aromatic carbocycles. The van der Waals surface area contributed by atoms with E-state index in [1.807, 2.05) is 6.07 Å². The molecule has 0 radical (unpaired) electrons. The highest BCUT2D eigenvalue weighted by molar-refractivity contribution is 6.00. The van der Waals surface area contributed by atoms with E-state index in [1.54, 1.807) is 24.1 Å². The number of hydrogen-bond acceptors (Lipinski definition) is 5. The lowest BCUT2D eigenvalue weighted by Crippen LogP contribution is -2.33. The zero-order valence-corrected chi connectivity index (χ0v) is 13.7.